The lowest BCUT2D eigenvalue weighted by Gasteiger charge is -1.99. The van der Waals surface area contributed by atoms with Gasteiger partial charge in [-0.2, -0.15) is 0 Å². The van der Waals surface area contributed by atoms with Crippen molar-refractivity contribution in [3.05, 3.63) is 29.2 Å². The molecule has 0 spiro atoms. The molecule has 0 radical (unpaired) electrons. The summed E-state index contributed by atoms with van der Waals surface area (Å²) >= 11 is 0. The first-order chi connectivity index (χ1) is 7.60. The largest absolute Gasteiger partial charge is 0.748 e. The van der Waals surface area contributed by atoms with Crippen molar-refractivity contribution >= 4 is 16.1 Å². The summed E-state index contributed by atoms with van der Waals surface area (Å²) in [5.74, 6) is -1.01. The Labute approximate surface area is 99.7 Å². The quantitative estimate of drug-likeness (QED) is 0.632. The fourth-order valence-electron chi connectivity index (χ4n) is 1.15. The topological polar surface area (TPSA) is 106 Å². The van der Waals surface area contributed by atoms with Crippen LogP contribution in [0.1, 0.15) is 17.1 Å². The summed E-state index contributed by atoms with van der Waals surface area (Å²) in [5, 5.41) is 7.67. The minimum atomic E-state index is -4.57. The molecule has 96 valence electrons. The highest BCUT2D eigenvalue weighted by molar-refractivity contribution is 7.86. The van der Waals surface area contributed by atoms with E-state index in [0.29, 0.717) is 0 Å². The number of hydrogen-bond acceptors (Lipinski definition) is 4. The van der Waals surface area contributed by atoms with E-state index in [-0.39, 0.29) is 0 Å². The molecule has 0 aliphatic heterocycles. The van der Waals surface area contributed by atoms with Crippen LogP contribution in [0.25, 0.3) is 0 Å². The SMILES string of the molecule is Cc1cc(C)[o+]c(C)c1.O=C(O)CS(=O)(=O)[O-]. The maximum absolute atomic E-state index is 9.51. The molecule has 0 aliphatic carbocycles. The zero-order valence-electron chi connectivity index (χ0n) is 9.76. The molecule has 1 aromatic rings. The predicted molar refractivity (Wildman–Crippen MR) is 59.5 cm³/mol. The van der Waals surface area contributed by atoms with Gasteiger partial charge in [-0.05, 0) is 12.5 Å². The minimum absolute atomic E-state index is 0.979. The Bertz CT molecular complexity index is 441. The van der Waals surface area contributed by atoms with Crippen molar-refractivity contribution in [1.29, 1.82) is 0 Å². The molecule has 1 N–H and O–H groups in total. The molecule has 0 fully saturated rings. The second-order valence-electron chi connectivity index (χ2n) is 3.45. The first-order valence-electron chi connectivity index (χ1n) is 4.63. The van der Waals surface area contributed by atoms with Crippen molar-refractivity contribution in [2.45, 2.75) is 20.8 Å². The zero-order valence-corrected chi connectivity index (χ0v) is 10.6. The van der Waals surface area contributed by atoms with Crippen molar-refractivity contribution in [2.75, 3.05) is 5.75 Å². The van der Waals surface area contributed by atoms with Crippen LogP contribution >= 0.6 is 0 Å². The van der Waals surface area contributed by atoms with Gasteiger partial charge in [0.05, 0.1) is 13.8 Å². The highest BCUT2D eigenvalue weighted by atomic mass is 32.2. The van der Waals surface area contributed by atoms with Crippen molar-refractivity contribution < 1.29 is 27.3 Å². The van der Waals surface area contributed by atoms with E-state index in [2.05, 4.69) is 6.92 Å². The number of aryl methyl sites for hydroxylation is 3. The number of rotatable bonds is 2. The van der Waals surface area contributed by atoms with Crippen LogP contribution in [0, 0.1) is 20.8 Å². The van der Waals surface area contributed by atoms with Crippen LogP contribution < -0.4 is 0 Å². The lowest BCUT2D eigenvalue weighted by Crippen LogP contribution is -2.13. The van der Waals surface area contributed by atoms with Crippen LogP contribution in [0.15, 0.2) is 16.5 Å². The molecule has 7 heteroatoms. The molecule has 0 aromatic carbocycles. The molecule has 0 saturated heterocycles. The summed E-state index contributed by atoms with van der Waals surface area (Å²) in [6.07, 6.45) is 0. The van der Waals surface area contributed by atoms with Gasteiger partial charge in [-0.15, -0.1) is 0 Å². The minimum Gasteiger partial charge on any atom is -0.748 e. The van der Waals surface area contributed by atoms with Crippen LogP contribution in [-0.4, -0.2) is 29.8 Å². The van der Waals surface area contributed by atoms with Crippen LogP contribution in [0.2, 0.25) is 0 Å². The molecule has 0 amide bonds. The Balaban J connectivity index is 0.000000304. The molecular weight excluding hydrogens is 248 g/mol. The van der Waals surface area contributed by atoms with Crippen molar-refractivity contribution in [1.82, 2.24) is 0 Å². The first kappa shape index (κ1) is 15.5. The summed E-state index contributed by atoms with van der Waals surface area (Å²) in [4.78, 5) is 9.44. The van der Waals surface area contributed by atoms with Crippen LogP contribution in [0.5, 0.6) is 0 Å². The van der Waals surface area contributed by atoms with Gasteiger partial charge in [-0.3, -0.25) is 4.79 Å². The molecule has 0 unspecified atom stereocenters. The van der Waals surface area contributed by atoms with Gasteiger partial charge in [-0.1, -0.05) is 0 Å². The lowest BCUT2D eigenvalue weighted by molar-refractivity contribution is -0.134. The molecule has 0 atom stereocenters. The van der Waals surface area contributed by atoms with Crippen LogP contribution in [0.3, 0.4) is 0 Å². The maximum atomic E-state index is 9.51. The molecule has 0 bridgehead atoms. The van der Waals surface area contributed by atoms with Gasteiger partial charge in [0.1, 0.15) is 15.9 Å². The van der Waals surface area contributed by atoms with E-state index < -0.39 is 21.8 Å². The second kappa shape index (κ2) is 6.31. The van der Waals surface area contributed by atoms with Gasteiger partial charge in [0, 0.05) is 12.1 Å². The van der Waals surface area contributed by atoms with E-state index >= 15 is 0 Å². The van der Waals surface area contributed by atoms with Crippen molar-refractivity contribution in [2.24, 2.45) is 0 Å². The van der Waals surface area contributed by atoms with E-state index in [9.17, 15) is 17.8 Å². The third-order valence-electron chi connectivity index (χ3n) is 1.48. The number of carbonyl (C=O) groups is 1. The third-order valence-corrected chi connectivity index (χ3v) is 2.08. The molecule has 1 heterocycles. The monoisotopic (exact) mass is 262 g/mol. The van der Waals surface area contributed by atoms with Gasteiger partial charge in [-0.25, -0.2) is 12.8 Å². The average molecular weight is 262 g/mol. The van der Waals surface area contributed by atoms with Gasteiger partial charge in [0.15, 0.2) is 0 Å². The predicted octanol–water partition coefficient (Wildman–Crippen LogP) is 1.10. The van der Waals surface area contributed by atoms with Gasteiger partial charge < -0.3 is 9.66 Å². The normalized spacial score (nSPS) is 10.4. The van der Waals surface area contributed by atoms with Crippen molar-refractivity contribution in [3.8, 4) is 0 Å². The average Bonchev–Trinajstić information content (AvgIpc) is 1.95. The van der Waals surface area contributed by atoms with E-state index in [1.165, 1.54) is 5.56 Å². The van der Waals surface area contributed by atoms with E-state index in [1.54, 1.807) is 0 Å². The molecule has 0 saturated carbocycles. The Kier molecular flexibility index (Phi) is 5.77. The zero-order chi connectivity index (χ0) is 13.6. The molecule has 0 aliphatic rings. The van der Waals surface area contributed by atoms with Crippen LogP contribution in [-0.2, 0) is 14.9 Å². The summed E-state index contributed by atoms with van der Waals surface area (Å²) in [6, 6.07) is 4.04. The summed E-state index contributed by atoms with van der Waals surface area (Å²) in [7, 11) is -4.57. The molecule has 6 nitrogen and oxygen atoms in total. The highest BCUT2D eigenvalue weighted by Crippen LogP contribution is 2.06. The number of carboxylic acid groups (broad SMARTS) is 1. The van der Waals surface area contributed by atoms with Crippen molar-refractivity contribution in [3.63, 3.8) is 0 Å². The lowest BCUT2D eigenvalue weighted by atomic mass is 10.2. The smallest absolute Gasteiger partial charge is 0.326 e. The first-order valence-corrected chi connectivity index (χ1v) is 6.21. The number of carboxylic acids is 1. The Morgan fingerprint density at radius 2 is 1.71 bits per heavy atom. The van der Waals surface area contributed by atoms with E-state index in [4.69, 9.17) is 9.52 Å². The third kappa shape index (κ3) is 9.46. The molecule has 17 heavy (non-hydrogen) atoms. The second-order valence-corrected chi connectivity index (χ2v) is 4.86. The van der Waals surface area contributed by atoms with Crippen LogP contribution in [0.4, 0.5) is 0 Å². The maximum Gasteiger partial charge on any atom is 0.326 e. The Hall–Kier alpha value is -1.47. The molecule has 1 aromatic heterocycles. The highest BCUT2D eigenvalue weighted by Gasteiger charge is 2.03. The van der Waals surface area contributed by atoms with Gasteiger partial charge >= 0.3 is 17.5 Å². The molecule has 1 rings (SSSR count). The Morgan fingerprint density at radius 3 is 1.88 bits per heavy atom. The molecular formula is C10H14O6S. The fraction of sp³-hybridized carbons (Fsp3) is 0.400. The summed E-state index contributed by atoms with van der Waals surface area (Å²) < 4.78 is 33.8. The summed E-state index contributed by atoms with van der Waals surface area (Å²) in [5.41, 5.74) is 1.26. The Morgan fingerprint density at radius 1 is 1.29 bits per heavy atom. The number of hydrogen-bond donors (Lipinski definition) is 1. The van der Waals surface area contributed by atoms with Gasteiger partial charge in [0.2, 0.25) is 0 Å². The number of aliphatic carboxylic acids is 1. The van der Waals surface area contributed by atoms with E-state index in [1.807, 2.05) is 26.0 Å². The fourth-order valence-corrected chi connectivity index (χ4v) is 1.45. The summed E-state index contributed by atoms with van der Waals surface area (Å²) in [6.45, 7) is 5.98. The van der Waals surface area contributed by atoms with Gasteiger partial charge in [0.25, 0.3) is 0 Å². The van der Waals surface area contributed by atoms with E-state index in [0.717, 1.165) is 11.5 Å². The standard InChI is InChI=1S/C8H11O.C2H4O5S/c1-6-4-7(2)9-8(3)5-6;3-2(4)1-8(5,6)7/h4-5H,1-3H3;1H2,(H,3,4)(H,5,6,7)/q+1;/p-1.